The standard InChI is InChI=1S/C11H20O2/c1-4-5-6-11(7-9(2)12)8-10(3)13/h11H,4-8H2,1-3H3. The minimum absolute atomic E-state index is 0.197. The van der Waals surface area contributed by atoms with E-state index < -0.39 is 0 Å². The van der Waals surface area contributed by atoms with Crippen molar-refractivity contribution in [3.63, 3.8) is 0 Å². The number of Topliss-reactive ketones (excluding diaryl/α,β-unsaturated/α-hetero) is 2. The lowest BCUT2D eigenvalue weighted by atomic mass is 9.92. The molecule has 0 fully saturated rings. The lowest BCUT2D eigenvalue weighted by molar-refractivity contribution is -0.119. The summed E-state index contributed by atoms with van der Waals surface area (Å²) in [6.07, 6.45) is 4.40. The van der Waals surface area contributed by atoms with Crippen LogP contribution in [0.15, 0.2) is 0 Å². The van der Waals surface area contributed by atoms with Crippen LogP contribution in [0.1, 0.15) is 52.9 Å². The van der Waals surface area contributed by atoms with Gasteiger partial charge in [-0.2, -0.15) is 0 Å². The molecule has 0 heterocycles. The Morgan fingerprint density at radius 2 is 1.54 bits per heavy atom. The Kier molecular flexibility index (Phi) is 6.47. The van der Waals surface area contributed by atoms with Crippen molar-refractivity contribution in [1.82, 2.24) is 0 Å². The quantitative estimate of drug-likeness (QED) is 0.609. The summed E-state index contributed by atoms with van der Waals surface area (Å²) in [7, 11) is 0. The van der Waals surface area contributed by atoms with Crippen molar-refractivity contribution in [1.29, 1.82) is 0 Å². The average Bonchev–Trinajstić information content (AvgIpc) is 1.98. The van der Waals surface area contributed by atoms with Crippen LogP contribution in [0.4, 0.5) is 0 Å². The van der Waals surface area contributed by atoms with E-state index in [-0.39, 0.29) is 17.5 Å². The van der Waals surface area contributed by atoms with Crippen molar-refractivity contribution in [2.24, 2.45) is 5.92 Å². The molecule has 0 rings (SSSR count). The molecule has 0 aromatic heterocycles. The molecule has 0 aromatic rings. The molecule has 0 radical (unpaired) electrons. The van der Waals surface area contributed by atoms with E-state index in [0.29, 0.717) is 12.8 Å². The van der Waals surface area contributed by atoms with Crippen LogP contribution in [0.3, 0.4) is 0 Å². The van der Waals surface area contributed by atoms with Crippen molar-refractivity contribution >= 4 is 11.6 Å². The van der Waals surface area contributed by atoms with Gasteiger partial charge in [0, 0.05) is 12.8 Å². The van der Waals surface area contributed by atoms with Gasteiger partial charge in [-0.05, 0) is 26.2 Å². The van der Waals surface area contributed by atoms with Crippen LogP contribution in [0.5, 0.6) is 0 Å². The van der Waals surface area contributed by atoms with Gasteiger partial charge in [0.1, 0.15) is 11.6 Å². The highest BCUT2D eigenvalue weighted by Gasteiger charge is 2.12. The fourth-order valence-electron chi connectivity index (χ4n) is 1.58. The van der Waals surface area contributed by atoms with Crippen molar-refractivity contribution in [3.8, 4) is 0 Å². The minimum atomic E-state index is 0.197. The summed E-state index contributed by atoms with van der Waals surface area (Å²) in [4.78, 5) is 21.8. The predicted molar refractivity (Wildman–Crippen MR) is 53.6 cm³/mol. The van der Waals surface area contributed by atoms with E-state index in [2.05, 4.69) is 6.92 Å². The predicted octanol–water partition coefficient (Wildman–Crippen LogP) is 2.75. The third-order valence-electron chi connectivity index (χ3n) is 2.12. The monoisotopic (exact) mass is 184 g/mol. The molecule has 2 heteroatoms. The lowest BCUT2D eigenvalue weighted by Crippen LogP contribution is -2.10. The molecule has 13 heavy (non-hydrogen) atoms. The maximum atomic E-state index is 10.9. The van der Waals surface area contributed by atoms with Gasteiger partial charge < -0.3 is 9.59 Å². The Hall–Kier alpha value is -0.660. The van der Waals surface area contributed by atoms with Crippen LogP contribution >= 0.6 is 0 Å². The van der Waals surface area contributed by atoms with Crippen LogP contribution < -0.4 is 0 Å². The van der Waals surface area contributed by atoms with Crippen LogP contribution in [0.25, 0.3) is 0 Å². The van der Waals surface area contributed by atoms with Crippen molar-refractivity contribution in [2.45, 2.75) is 52.9 Å². The number of rotatable bonds is 7. The molecule has 0 saturated carbocycles. The van der Waals surface area contributed by atoms with Gasteiger partial charge in [-0.15, -0.1) is 0 Å². The van der Waals surface area contributed by atoms with Crippen molar-refractivity contribution in [2.75, 3.05) is 0 Å². The number of carbonyl (C=O) groups is 2. The number of hydrogen-bond acceptors (Lipinski definition) is 2. The normalized spacial score (nSPS) is 10.5. The zero-order chi connectivity index (χ0) is 10.3. The first-order valence-electron chi connectivity index (χ1n) is 5.05. The second-order valence-corrected chi connectivity index (χ2v) is 3.82. The fraction of sp³-hybridized carbons (Fsp3) is 0.818. The first-order chi connectivity index (χ1) is 6.06. The molecule has 0 unspecified atom stereocenters. The summed E-state index contributed by atoms with van der Waals surface area (Å²) in [6.45, 7) is 5.32. The van der Waals surface area contributed by atoms with Crippen LogP contribution in [-0.2, 0) is 9.59 Å². The molecule has 0 N–H and O–H groups in total. The summed E-state index contributed by atoms with van der Waals surface area (Å²) in [5.41, 5.74) is 0. The minimum Gasteiger partial charge on any atom is -0.300 e. The highest BCUT2D eigenvalue weighted by molar-refractivity contribution is 5.78. The zero-order valence-electron chi connectivity index (χ0n) is 8.93. The van der Waals surface area contributed by atoms with Gasteiger partial charge in [0.15, 0.2) is 0 Å². The van der Waals surface area contributed by atoms with E-state index >= 15 is 0 Å². The Balaban J connectivity index is 3.87. The lowest BCUT2D eigenvalue weighted by Gasteiger charge is -2.12. The van der Waals surface area contributed by atoms with Gasteiger partial charge in [0.25, 0.3) is 0 Å². The molecule has 0 amide bonds. The van der Waals surface area contributed by atoms with Gasteiger partial charge in [-0.25, -0.2) is 0 Å². The molecule has 0 aromatic carbocycles. The molecule has 0 aliphatic rings. The van der Waals surface area contributed by atoms with Crippen LogP contribution in [-0.4, -0.2) is 11.6 Å². The zero-order valence-corrected chi connectivity index (χ0v) is 8.93. The molecule has 76 valence electrons. The van der Waals surface area contributed by atoms with Gasteiger partial charge in [0.05, 0.1) is 0 Å². The van der Waals surface area contributed by atoms with E-state index in [9.17, 15) is 9.59 Å². The SMILES string of the molecule is CCCCC(CC(C)=O)CC(C)=O. The first-order valence-corrected chi connectivity index (χ1v) is 5.05. The second kappa shape index (κ2) is 6.81. The largest absolute Gasteiger partial charge is 0.300 e. The fourth-order valence-corrected chi connectivity index (χ4v) is 1.58. The third kappa shape index (κ3) is 7.69. The van der Waals surface area contributed by atoms with Gasteiger partial charge >= 0.3 is 0 Å². The summed E-state index contributed by atoms with van der Waals surface area (Å²) in [5, 5.41) is 0. The van der Waals surface area contributed by atoms with Gasteiger partial charge in [-0.3, -0.25) is 0 Å². The number of hydrogen-bond donors (Lipinski definition) is 0. The van der Waals surface area contributed by atoms with Crippen molar-refractivity contribution < 1.29 is 9.59 Å². The maximum Gasteiger partial charge on any atom is 0.130 e. The van der Waals surface area contributed by atoms with E-state index in [1.54, 1.807) is 13.8 Å². The molecular formula is C11H20O2. The van der Waals surface area contributed by atoms with Crippen LogP contribution in [0, 0.1) is 5.92 Å². The summed E-state index contributed by atoms with van der Waals surface area (Å²) in [6, 6.07) is 0. The van der Waals surface area contributed by atoms with E-state index in [1.807, 2.05) is 0 Å². The Morgan fingerprint density at radius 3 is 1.85 bits per heavy atom. The van der Waals surface area contributed by atoms with Crippen LogP contribution in [0.2, 0.25) is 0 Å². The molecule has 0 bridgehead atoms. The Bertz CT molecular complexity index is 157. The highest BCUT2D eigenvalue weighted by atomic mass is 16.1. The summed E-state index contributed by atoms with van der Waals surface area (Å²) >= 11 is 0. The van der Waals surface area contributed by atoms with E-state index in [1.165, 1.54) is 0 Å². The van der Waals surface area contributed by atoms with Gasteiger partial charge in [-0.1, -0.05) is 19.8 Å². The number of unbranched alkanes of at least 4 members (excludes halogenated alkanes) is 1. The van der Waals surface area contributed by atoms with E-state index in [4.69, 9.17) is 0 Å². The average molecular weight is 184 g/mol. The first kappa shape index (κ1) is 12.3. The molecule has 0 saturated heterocycles. The topological polar surface area (TPSA) is 34.1 Å². The number of ketones is 2. The molecular weight excluding hydrogens is 164 g/mol. The third-order valence-corrected chi connectivity index (χ3v) is 2.12. The smallest absolute Gasteiger partial charge is 0.130 e. The molecule has 0 spiro atoms. The second-order valence-electron chi connectivity index (χ2n) is 3.82. The van der Waals surface area contributed by atoms with E-state index in [0.717, 1.165) is 19.3 Å². The number of carbonyl (C=O) groups excluding carboxylic acids is 2. The van der Waals surface area contributed by atoms with Crippen molar-refractivity contribution in [3.05, 3.63) is 0 Å². The maximum absolute atomic E-state index is 10.9. The molecule has 2 nitrogen and oxygen atoms in total. The summed E-state index contributed by atoms with van der Waals surface area (Å²) in [5.74, 6) is 0.680. The molecule has 0 aliphatic carbocycles. The highest BCUT2D eigenvalue weighted by Crippen LogP contribution is 2.17. The molecule has 0 atom stereocenters. The van der Waals surface area contributed by atoms with Gasteiger partial charge in [0.2, 0.25) is 0 Å². The summed E-state index contributed by atoms with van der Waals surface area (Å²) < 4.78 is 0. The Labute approximate surface area is 80.7 Å². The molecule has 0 aliphatic heterocycles. The Morgan fingerprint density at radius 1 is 1.08 bits per heavy atom.